The van der Waals surface area contributed by atoms with Crippen LogP contribution in [-0.4, -0.2) is 42.6 Å². The number of benzene rings is 2. The Bertz CT molecular complexity index is 940. The van der Waals surface area contributed by atoms with Crippen molar-refractivity contribution >= 4 is 23.2 Å². The lowest BCUT2D eigenvalue weighted by Crippen LogP contribution is -2.32. The van der Waals surface area contributed by atoms with Crippen molar-refractivity contribution in [1.29, 1.82) is 0 Å². The fourth-order valence-electron chi connectivity index (χ4n) is 3.17. The zero-order valence-electron chi connectivity index (χ0n) is 16.6. The van der Waals surface area contributed by atoms with Crippen LogP contribution in [0.3, 0.4) is 0 Å². The van der Waals surface area contributed by atoms with Crippen molar-refractivity contribution < 1.29 is 24.0 Å². The number of rotatable bonds is 8. The Balaban J connectivity index is 1.74. The third-order valence-electron chi connectivity index (χ3n) is 4.65. The van der Waals surface area contributed by atoms with E-state index in [1.54, 1.807) is 31.2 Å². The standard InChI is InChI=1S/C21H23N3O6/c1-2-29-19-10-9-14(12-18(19)24(27)28)20(25)23-17-8-4-3-7-16(17)21(26)22-13-15-6-5-11-30-15/h3-4,7-10,12,15H,2,5-6,11,13H2,1H3,(H,22,26)(H,23,25). The maximum Gasteiger partial charge on any atom is 0.311 e. The third-order valence-corrected chi connectivity index (χ3v) is 4.65. The van der Waals surface area contributed by atoms with Crippen LogP contribution in [0, 0.1) is 10.1 Å². The minimum Gasteiger partial charge on any atom is -0.487 e. The molecular weight excluding hydrogens is 390 g/mol. The second-order valence-electron chi connectivity index (χ2n) is 6.72. The Morgan fingerprint density at radius 2 is 2.03 bits per heavy atom. The highest BCUT2D eigenvalue weighted by atomic mass is 16.6. The lowest BCUT2D eigenvalue weighted by atomic mass is 10.1. The summed E-state index contributed by atoms with van der Waals surface area (Å²) in [6.45, 7) is 3.07. The van der Waals surface area contributed by atoms with Gasteiger partial charge in [-0.15, -0.1) is 0 Å². The van der Waals surface area contributed by atoms with Crippen molar-refractivity contribution in [3.63, 3.8) is 0 Å². The van der Waals surface area contributed by atoms with Gasteiger partial charge in [0.25, 0.3) is 11.8 Å². The Labute approximate surface area is 173 Å². The minimum absolute atomic E-state index is 0.0000989. The summed E-state index contributed by atoms with van der Waals surface area (Å²) in [5.41, 5.74) is 0.389. The molecule has 30 heavy (non-hydrogen) atoms. The van der Waals surface area contributed by atoms with Gasteiger partial charge in [0.15, 0.2) is 5.75 Å². The van der Waals surface area contributed by atoms with E-state index in [4.69, 9.17) is 9.47 Å². The summed E-state index contributed by atoms with van der Waals surface area (Å²) in [6.07, 6.45) is 1.87. The molecule has 1 saturated heterocycles. The van der Waals surface area contributed by atoms with E-state index in [0.29, 0.717) is 24.4 Å². The van der Waals surface area contributed by atoms with Crippen LogP contribution in [0.15, 0.2) is 42.5 Å². The van der Waals surface area contributed by atoms with Gasteiger partial charge in [-0.1, -0.05) is 12.1 Å². The van der Waals surface area contributed by atoms with Crippen LogP contribution in [-0.2, 0) is 4.74 Å². The normalized spacial score (nSPS) is 15.4. The summed E-state index contributed by atoms with van der Waals surface area (Å²) >= 11 is 0. The van der Waals surface area contributed by atoms with Crippen LogP contribution in [0.25, 0.3) is 0 Å². The van der Waals surface area contributed by atoms with Crippen molar-refractivity contribution in [3.8, 4) is 5.75 Å². The minimum atomic E-state index is -0.603. The number of anilines is 1. The molecule has 0 radical (unpaired) electrons. The van der Waals surface area contributed by atoms with Gasteiger partial charge in [0, 0.05) is 24.8 Å². The van der Waals surface area contributed by atoms with Crippen LogP contribution < -0.4 is 15.4 Å². The molecule has 0 bridgehead atoms. The van der Waals surface area contributed by atoms with Gasteiger partial charge in [-0.3, -0.25) is 19.7 Å². The highest BCUT2D eigenvalue weighted by Crippen LogP contribution is 2.28. The topological polar surface area (TPSA) is 120 Å². The molecule has 2 aromatic carbocycles. The predicted octanol–water partition coefficient (Wildman–Crippen LogP) is 3.15. The van der Waals surface area contributed by atoms with E-state index < -0.39 is 10.8 Å². The molecule has 3 rings (SSSR count). The fraction of sp³-hybridized carbons (Fsp3) is 0.333. The number of carbonyl (C=O) groups is 2. The highest BCUT2D eigenvalue weighted by Gasteiger charge is 2.21. The van der Waals surface area contributed by atoms with E-state index in [2.05, 4.69) is 10.6 Å². The molecule has 0 saturated carbocycles. The van der Waals surface area contributed by atoms with Crippen molar-refractivity contribution in [2.75, 3.05) is 25.1 Å². The Morgan fingerprint density at radius 1 is 1.23 bits per heavy atom. The molecule has 158 valence electrons. The quantitative estimate of drug-likeness (QED) is 0.507. The van der Waals surface area contributed by atoms with Crippen LogP contribution in [0.1, 0.15) is 40.5 Å². The molecule has 1 heterocycles. The number of nitrogens with zero attached hydrogens (tertiary/aromatic N) is 1. The van der Waals surface area contributed by atoms with Crippen LogP contribution in [0.5, 0.6) is 5.75 Å². The molecule has 9 heteroatoms. The molecule has 1 unspecified atom stereocenters. The first kappa shape index (κ1) is 21.3. The van der Waals surface area contributed by atoms with Crippen LogP contribution in [0.4, 0.5) is 11.4 Å². The summed E-state index contributed by atoms with van der Waals surface area (Å²) in [4.78, 5) is 35.9. The summed E-state index contributed by atoms with van der Waals surface area (Å²) < 4.78 is 10.7. The molecule has 2 N–H and O–H groups in total. The molecule has 1 aliphatic heterocycles. The molecule has 0 aromatic heterocycles. The summed E-state index contributed by atoms with van der Waals surface area (Å²) in [6, 6.07) is 10.6. The maximum atomic E-state index is 12.7. The fourth-order valence-corrected chi connectivity index (χ4v) is 3.17. The molecule has 0 aliphatic carbocycles. The van der Waals surface area contributed by atoms with Gasteiger partial charge in [0.2, 0.25) is 0 Å². The Hall–Kier alpha value is -3.46. The zero-order chi connectivity index (χ0) is 21.5. The number of ether oxygens (including phenoxy) is 2. The smallest absolute Gasteiger partial charge is 0.311 e. The van der Waals surface area contributed by atoms with Gasteiger partial charge in [-0.25, -0.2) is 0 Å². The second kappa shape index (κ2) is 9.84. The van der Waals surface area contributed by atoms with Crippen molar-refractivity contribution in [2.24, 2.45) is 0 Å². The van der Waals surface area contributed by atoms with Gasteiger partial charge in [-0.2, -0.15) is 0 Å². The van der Waals surface area contributed by atoms with E-state index in [1.807, 2.05) is 0 Å². The lowest BCUT2D eigenvalue weighted by molar-refractivity contribution is -0.385. The molecule has 9 nitrogen and oxygen atoms in total. The van der Waals surface area contributed by atoms with E-state index in [9.17, 15) is 19.7 Å². The predicted molar refractivity (Wildman–Crippen MR) is 110 cm³/mol. The lowest BCUT2D eigenvalue weighted by Gasteiger charge is -2.14. The number of nitrogens with one attached hydrogen (secondary N) is 2. The summed E-state index contributed by atoms with van der Waals surface area (Å²) in [5.74, 6) is -0.812. The number of nitro benzene ring substituents is 1. The molecule has 1 fully saturated rings. The van der Waals surface area contributed by atoms with Crippen molar-refractivity contribution in [2.45, 2.75) is 25.9 Å². The third kappa shape index (κ3) is 5.12. The largest absolute Gasteiger partial charge is 0.487 e. The van der Waals surface area contributed by atoms with Crippen LogP contribution in [0.2, 0.25) is 0 Å². The molecule has 1 aliphatic rings. The number of nitro groups is 1. The summed E-state index contributed by atoms with van der Waals surface area (Å²) in [7, 11) is 0. The average Bonchev–Trinajstić information content (AvgIpc) is 3.26. The molecular formula is C21H23N3O6. The maximum absolute atomic E-state index is 12.7. The average molecular weight is 413 g/mol. The number of carbonyl (C=O) groups excluding carboxylic acids is 2. The first-order valence-electron chi connectivity index (χ1n) is 9.71. The van der Waals surface area contributed by atoms with Gasteiger partial charge in [-0.05, 0) is 44.0 Å². The zero-order valence-corrected chi connectivity index (χ0v) is 16.6. The molecule has 0 spiro atoms. The van der Waals surface area contributed by atoms with E-state index >= 15 is 0 Å². The number of hydrogen-bond donors (Lipinski definition) is 2. The molecule has 2 amide bonds. The number of hydrogen-bond acceptors (Lipinski definition) is 6. The summed E-state index contributed by atoms with van der Waals surface area (Å²) in [5, 5.41) is 16.8. The van der Waals surface area contributed by atoms with Gasteiger partial charge < -0.3 is 20.1 Å². The van der Waals surface area contributed by atoms with E-state index in [0.717, 1.165) is 18.9 Å². The Kier molecular flexibility index (Phi) is 6.97. The number of para-hydroxylation sites is 1. The van der Waals surface area contributed by atoms with E-state index in [-0.39, 0.29) is 35.6 Å². The van der Waals surface area contributed by atoms with Gasteiger partial charge in [0.1, 0.15) is 0 Å². The van der Waals surface area contributed by atoms with Crippen molar-refractivity contribution in [3.05, 3.63) is 63.7 Å². The first-order valence-corrected chi connectivity index (χ1v) is 9.71. The van der Waals surface area contributed by atoms with Crippen LogP contribution >= 0.6 is 0 Å². The van der Waals surface area contributed by atoms with Gasteiger partial charge in [0.05, 0.1) is 28.9 Å². The highest BCUT2D eigenvalue weighted by molar-refractivity contribution is 6.09. The van der Waals surface area contributed by atoms with Gasteiger partial charge >= 0.3 is 5.69 Å². The number of amides is 2. The second-order valence-corrected chi connectivity index (χ2v) is 6.72. The molecule has 1 atom stereocenters. The SMILES string of the molecule is CCOc1ccc(C(=O)Nc2ccccc2C(=O)NCC2CCCO2)cc1[N+](=O)[O-]. The monoisotopic (exact) mass is 413 g/mol. The Morgan fingerprint density at radius 3 is 2.73 bits per heavy atom. The van der Waals surface area contributed by atoms with E-state index in [1.165, 1.54) is 12.1 Å². The van der Waals surface area contributed by atoms with Crippen molar-refractivity contribution in [1.82, 2.24) is 5.32 Å². The first-order chi connectivity index (χ1) is 14.5. The molecule has 2 aromatic rings.